The lowest BCUT2D eigenvalue weighted by Gasteiger charge is -2.10. The number of imidazole rings is 1. The van der Waals surface area contributed by atoms with Gasteiger partial charge >= 0.3 is 5.97 Å². The predicted molar refractivity (Wildman–Crippen MR) is 120 cm³/mol. The number of esters is 1. The lowest BCUT2D eigenvalue weighted by molar-refractivity contribution is -0.148. The number of nitrogens with one attached hydrogen (secondary N) is 2. The van der Waals surface area contributed by atoms with E-state index in [2.05, 4.69) is 15.8 Å². The Morgan fingerprint density at radius 3 is 2.50 bits per heavy atom. The quantitative estimate of drug-likeness (QED) is 0.334. The Morgan fingerprint density at radius 1 is 0.938 bits per heavy atom. The van der Waals surface area contributed by atoms with Crippen molar-refractivity contribution in [2.45, 2.75) is 12.8 Å². The Labute approximate surface area is 187 Å². The van der Waals surface area contributed by atoms with E-state index >= 15 is 0 Å². The highest BCUT2D eigenvalue weighted by Crippen LogP contribution is 2.22. The predicted octanol–water partition coefficient (Wildman–Crippen LogP) is 3.02. The molecule has 2 N–H and O–H groups in total. The number of hydrogen-bond acceptors (Lipinski definition) is 6. The Kier molecular flexibility index (Phi) is 6.57. The lowest BCUT2D eigenvalue weighted by Crippen LogP contribution is -2.43. The van der Waals surface area contributed by atoms with Crippen molar-refractivity contribution in [2.24, 2.45) is 0 Å². The number of aromatic nitrogens is 2. The van der Waals surface area contributed by atoms with Gasteiger partial charge in [0.25, 0.3) is 11.8 Å². The molecule has 0 saturated heterocycles. The van der Waals surface area contributed by atoms with Gasteiger partial charge in [-0.05, 0) is 35.7 Å². The molecule has 162 valence electrons. The molecule has 2 aromatic heterocycles. The van der Waals surface area contributed by atoms with Gasteiger partial charge in [0.1, 0.15) is 5.82 Å². The van der Waals surface area contributed by atoms with Gasteiger partial charge in [0.15, 0.2) is 6.61 Å². The van der Waals surface area contributed by atoms with Gasteiger partial charge in [0, 0.05) is 12.1 Å². The van der Waals surface area contributed by atoms with Crippen LogP contribution in [-0.2, 0) is 20.7 Å². The number of para-hydroxylation sites is 3. The lowest BCUT2D eigenvalue weighted by atomic mass is 10.2. The van der Waals surface area contributed by atoms with Crippen molar-refractivity contribution >= 4 is 40.2 Å². The second kappa shape index (κ2) is 9.88. The number of hydrogen-bond donors (Lipinski definition) is 2. The molecule has 8 nitrogen and oxygen atoms in total. The van der Waals surface area contributed by atoms with Gasteiger partial charge in [-0.1, -0.05) is 36.4 Å². The molecule has 2 amide bonds. The first-order valence-electron chi connectivity index (χ1n) is 9.92. The molecule has 0 radical (unpaired) electrons. The third-order valence-corrected chi connectivity index (χ3v) is 5.49. The highest BCUT2D eigenvalue weighted by atomic mass is 32.1. The van der Waals surface area contributed by atoms with E-state index in [1.54, 1.807) is 17.5 Å². The summed E-state index contributed by atoms with van der Waals surface area (Å²) < 4.78 is 7.04. The number of carbonyl (C=O) groups is 3. The summed E-state index contributed by atoms with van der Waals surface area (Å²) in [5.74, 6) is -0.863. The van der Waals surface area contributed by atoms with Gasteiger partial charge < -0.3 is 4.74 Å². The summed E-state index contributed by atoms with van der Waals surface area (Å²) in [5, 5.41) is 1.75. The van der Waals surface area contributed by atoms with E-state index in [4.69, 9.17) is 4.74 Å². The second-order valence-electron chi connectivity index (χ2n) is 6.83. The summed E-state index contributed by atoms with van der Waals surface area (Å²) >= 11 is 1.25. The summed E-state index contributed by atoms with van der Waals surface area (Å²) in [6.45, 7) is -0.487. The Bertz CT molecular complexity index is 1240. The first-order valence-corrected chi connectivity index (χ1v) is 10.8. The number of nitrogens with zero attached hydrogens (tertiary/aromatic N) is 2. The fourth-order valence-corrected chi connectivity index (χ4v) is 3.79. The average molecular weight is 449 g/mol. The minimum Gasteiger partial charge on any atom is -0.455 e. The van der Waals surface area contributed by atoms with Gasteiger partial charge in [-0.25, -0.2) is 4.98 Å². The van der Waals surface area contributed by atoms with Crippen LogP contribution in [0.5, 0.6) is 0 Å². The van der Waals surface area contributed by atoms with E-state index in [0.717, 1.165) is 22.5 Å². The molecule has 2 heterocycles. The third-order valence-electron chi connectivity index (χ3n) is 4.62. The van der Waals surface area contributed by atoms with Crippen molar-refractivity contribution in [1.29, 1.82) is 0 Å². The van der Waals surface area contributed by atoms with E-state index < -0.39 is 24.4 Å². The van der Waals surface area contributed by atoms with Crippen LogP contribution < -0.4 is 10.9 Å². The van der Waals surface area contributed by atoms with E-state index in [0.29, 0.717) is 11.3 Å². The number of aryl methyl sites for hydroxylation is 1. The van der Waals surface area contributed by atoms with Crippen LogP contribution in [0, 0.1) is 0 Å². The van der Waals surface area contributed by atoms with Crippen LogP contribution in [0.1, 0.15) is 21.9 Å². The van der Waals surface area contributed by atoms with Crippen LogP contribution >= 0.6 is 11.3 Å². The monoisotopic (exact) mass is 448 g/mol. The number of fused-ring (bicyclic) bond motifs is 1. The summed E-state index contributed by atoms with van der Waals surface area (Å²) in [6, 6.07) is 20.9. The maximum atomic E-state index is 12.2. The highest BCUT2D eigenvalue weighted by Gasteiger charge is 2.15. The van der Waals surface area contributed by atoms with Crippen molar-refractivity contribution in [3.05, 3.63) is 82.8 Å². The molecule has 0 aliphatic rings. The normalized spacial score (nSPS) is 10.6. The Balaban J connectivity index is 1.32. The average Bonchev–Trinajstić information content (AvgIpc) is 3.48. The molecule has 0 aliphatic heterocycles. The molecule has 0 spiro atoms. The molecular formula is C23H20N4O4S. The van der Waals surface area contributed by atoms with Crippen molar-refractivity contribution < 1.29 is 19.1 Å². The fraction of sp³-hybridized carbons (Fsp3) is 0.130. The summed E-state index contributed by atoms with van der Waals surface area (Å²) in [4.78, 5) is 40.9. The van der Waals surface area contributed by atoms with Crippen molar-refractivity contribution in [3.8, 4) is 5.69 Å². The van der Waals surface area contributed by atoms with Crippen LogP contribution in [0.3, 0.4) is 0 Å². The number of hydrazine groups is 1. The Hall–Kier alpha value is -3.98. The molecule has 0 aliphatic carbocycles. The highest BCUT2D eigenvalue weighted by molar-refractivity contribution is 7.12. The number of amides is 2. The van der Waals surface area contributed by atoms with Gasteiger partial charge in [0.05, 0.1) is 22.3 Å². The number of carbonyl (C=O) groups excluding carboxylic acids is 3. The maximum Gasteiger partial charge on any atom is 0.306 e. The molecule has 0 unspecified atom stereocenters. The molecule has 0 fully saturated rings. The fourth-order valence-electron chi connectivity index (χ4n) is 3.17. The first kappa shape index (κ1) is 21.3. The van der Waals surface area contributed by atoms with Gasteiger partial charge in [-0.3, -0.25) is 29.8 Å². The maximum absolute atomic E-state index is 12.2. The van der Waals surface area contributed by atoms with Crippen LogP contribution in [0.25, 0.3) is 16.7 Å². The topological polar surface area (TPSA) is 102 Å². The molecule has 9 heteroatoms. The molecule has 32 heavy (non-hydrogen) atoms. The van der Waals surface area contributed by atoms with E-state index in [1.807, 2.05) is 59.2 Å². The molecule has 4 aromatic rings. The first-order chi connectivity index (χ1) is 15.6. The molecule has 0 atom stereocenters. The van der Waals surface area contributed by atoms with E-state index in [1.165, 1.54) is 11.3 Å². The van der Waals surface area contributed by atoms with Crippen LogP contribution in [-0.4, -0.2) is 33.9 Å². The standard InChI is InChI=1S/C23H20N4O4S/c28-21(25-26-23(30)19-11-6-14-32-19)15-31-22(29)13-12-20-24-17-9-4-5-10-18(17)27(20)16-7-2-1-3-8-16/h1-11,14H,12-13,15H2,(H,25,28)(H,26,30). The summed E-state index contributed by atoms with van der Waals surface area (Å²) in [5.41, 5.74) is 7.23. The zero-order chi connectivity index (χ0) is 22.3. The molecule has 4 rings (SSSR count). The number of thiophene rings is 1. The zero-order valence-electron chi connectivity index (χ0n) is 17.0. The molecule has 2 aromatic carbocycles. The Morgan fingerprint density at radius 2 is 1.72 bits per heavy atom. The summed E-state index contributed by atoms with van der Waals surface area (Å²) in [7, 11) is 0. The van der Waals surface area contributed by atoms with Crippen LogP contribution in [0.4, 0.5) is 0 Å². The van der Waals surface area contributed by atoms with E-state index in [-0.39, 0.29) is 6.42 Å². The van der Waals surface area contributed by atoms with Gasteiger partial charge in [-0.15, -0.1) is 11.3 Å². The zero-order valence-corrected chi connectivity index (χ0v) is 17.8. The van der Waals surface area contributed by atoms with Crippen molar-refractivity contribution in [1.82, 2.24) is 20.4 Å². The molecule has 0 saturated carbocycles. The SMILES string of the molecule is O=C(COC(=O)CCc1nc2ccccc2n1-c1ccccc1)NNC(=O)c1cccs1. The molecular weight excluding hydrogens is 428 g/mol. The van der Waals surface area contributed by atoms with Crippen LogP contribution in [0.2, 0.25) is 0 Å². The van der Waals surface area contributed by atoms with Crippen LogP contribution in [0.15, 0.2) is 72.1 Å². The molecule has 0 bridgehead atoms. The minimum absolute atomic E-state index is 0.0605. The number of benzene rings is 2. The summed E-state index contributed by atoms with van der Waals surface area (Å²) in [6.07, 6.45) is 0.407. The van der Waals surface area contributed by atoms with E-state index in [9.17, 15) is 14.4 Å². The largest absolute Gasteiger partial charge is 0.455 e. The third kappa shape index (κ3) is 5.01. The van der Waals surface area contributed by atoms with Crippen molar-refractivity contribution in [2.75, 3.05) is 6.61 Å². The smallest absolute Gasteiger partial charge is 0.306 e. The van der Waals surface area contributed by atoms with Gasteiger partial charge in [0.2, 0.25) is 0 Å². The van der Waals surface area contributed by atoms with Crippen molar-refractivity contribution in [3.63, 3.8) is 0 Å². The number of rotatable bonds is 7. The number of ether oxygens (including phenoxy) is 1. The minimum atomic E-state index is -0.625. The van der Waals surface area contributed by atoms with Gasteiger partial charge in [-0.2, -0.15) is 0 Å². The second-order valence-corrected chi connectivity index (χ2v) is 7.78.